The number of ether oxygens (including phenoxy) is 1. The van der Waals surface area contributed by atoms with Gasteiger partial charge in [-0.3, -0.25) is 19.6 Å². The predicted molar refractivity (Wildman–Crippen MR) is 81.8 cm³/mol. The Morgan fingerprint density at radius 1 is 1.50 bits per heavy atom. The molecule has 1 aromatic heterocycles. The van der Waals surface area contributed by atoms with Crippen molar-refractivity contribution in [3.8, 4) is 5.75 Å². The highest BCUT2D eigenvalue weighted by atomic mass is 16.5. The molecule has 3 rings (SSSR count). The van der Waals surface area contributed by atoms with Crippen LogP contribution in [0, 0.1) is 5.41 Å². The molecule has 0 aliphatic carbocycles. The van der Waals surface area contributed by atoms with Crippen molar-refractivity contribution in [3.63, 3.8) is 0 Å². The van der Waals surface area contributed by atoms with Crippen molar-refractivity contribution in [1.82, 2.24) is 14.8 Å². The molecular weight excluding hydrogens is 282 g/mol. The molecule has 0 amide bonds. The maximum Gasteiger partial charge on any atom is 0.310 e. The molecule has 22 heavy (non-hydrogen) atoms. The number of hydrogen-bond acceptors (Lipinski definition) is 5. The van der Waals surface area contributed by atoms with Crippen molar-refractivity contribution in [1.29, 1.82) is 0 Å². The van der Waals surface area contributed by atoms with Gasteiger partial charge in [-0.15, -0.1) is 0 Å². The number of fused-ring (bicyclic) bond motifs is 2. The number of carboxylic acids is 1. The van der Waals surface area contributed by atoms with Gasteiger partial charge in [-0.25, -0.2) is 0 Å². The van der Waals surface area contributed by atoms with Crippen molar-refractivity contribution in [2.75, 3.05) is 32.8 Å². The van der Waals surface area contributed by atoms with Crippen LogP contribution in [0.3, 0.4) is 0 Å². The molecule has 2 aliphatic heterocycles. The molecule has 1 fully saturated rings. The summed E-state index contributed by atoms with van der Waals surface area (Å²) in [5, 5.41) is 9.30. The van der Waals surface area contributed by atoms with E-state index in [9.17, 15) is 9.90 Å². The molecule has 1 unspecified atom stereocenters. The fourth-order valence-corrected chi connectivity index (χ4v) is 3.15. The van der Waals surface area contributed by atoms with Crippen LogP contribution in [-0.4, -0.2) is 64.7 Å². The molecule has 0 aromatic carbocycles. The van der Waals surface area contributed by atoms with Gasteiger partial charge in [0, 0.05) is 38.9 Å². The molecule has 3 heterocycles. The van der Waals surface area contributed by atoms with Gasteiger partial charge in [0.15, 0.2) is 0 Å². The highest BCUT2D eigenvalue weighted by Crippen LogP contribution is 2.26. The van der Waals surface area contributed by atoms with E-state index in [1.54, 1.807) is 20.0 Å². The zero-order chi connectivity index (χ0) is 15.7. The van der Waals surface area contributed by atoms with Crippen LogP contribution in [0.15, 0.2) is 18.3 Å². The zero-order valence-corrected chi connectivity index (χ0v) is 13.2. The van der Waals surface area contributed by atoms with Gasteiger partial charge < -0.3 is 9.84 Å². The molecule has 1 aromatic rings. The van der Waals surface area contributed by atoms with E-state index >= 15 is 0 Å². The topological polar surface area (TPSA) is 65.9 Å². The summed E-state index contributed by atoms with van der Waals surface area (Å²) in [5.74, 6) is 0.123. The Kier molecular flexibility index (Phi) is 4.06. The molecule has 0 bridgehead atoms. The van der Waals surface area contributed by atoms with Crippen molar-refractivity contribution in [2.24, 2.45) is 5.41 Å². The lowest BCUT2D eigenvalue weighted by atomic mass is 9.92. The molecular formula is C16H23N3O3. The fraction of sp³-hybridized carbons (Fsp3) is 0.625. The normalized spacial score (nSPS) is 23.1. The Labute approximate surface area is 130 Å². The van der Waals surface area contributed by atoms with Crippen molar-refractivity contribution in [3.05, 3.63) is 24.0 Å². The van der Waals surface area contributed by atoms with Crippen LogP contribution in [0.2, 0.25) is 0 Å². The van der Waals surface area contributed by atoms with Crippen LogP contribution >= 0.6 is 0 Å². The first kappa shape index (κ1) is 15.2. The first-order valence-corrected chi connectivity index (χ1v) is 7.72. The molecule has 1 N–H and O–H groups in total. The van der Waals surface area contributed by atoms with E-state index in [1.165, 1.54) is 0 Å². The van der Waals surface area contributed by atoms with Crippen LogP contribution in [0.5, 0.6) is 5.75 Å². The lowest BCUT2D eigenvalue weighted by Gasteiger charge is -2.41. The second-order valence-electron chi connectivity index (χ2n) is 6.81. The van der Waals surface area contributed by atoms with Crippen LogP contribution in [0.25, 0.3) is 0 Å². The minimum absolute atomic E-state index is 0.285. The summed E-state index contributed by atoms with van der Waals surface area (Å²) < 4.78 is 5.90. The van der Waals surface area contributed by atoms with Gasteiger partial charge in [-0.05, 0) is 26.0 Å². The minimum atomic E-state index is -0.747. The first-order valence-electron chi connectivity index (χ1n) is 7.72. The molecule has 2 aliphatic rings. The third kappa shape index (κ3) is 3.08. The summed E-state index contributed by atoms with van der Waals surface area (Å²) in [5.41, 5.74) is 0.266. The maximum absolute atomic E-state index is 11.3. The second kappa shape index (κ2) is 5.85. The average Bonchev–Trinajstić information content (AvgIpc) is 2.65. The van der Waals surface area contributed by atoms with Gasteiger partial charge in [0.1, 0.15) is 12.4 Å². The third-order valence-corrected chi connectivity index (χ3v) is 4.52. The lowest BCUT2D eigenvalue weighted by Crippen LogP contribution is -2.56. The van der Waals surface area contributed by atoms with Gasteiger partial charge in [0.2, 0.25) is 0 Å². The molecule has 120 valence electrons. The maximum atomic E-state index is 11.3. The van der Waals surface area contributed by atoms with E-state index in [0.717, 1.165) is 37.6 Å². The van der Waals surface area contributed by atoms with Gasteiger partial charge in [-0.1, -0.05) is 0 Å². The summed E-state index contributed by atoms with van der Waals surface area (Å²) in [7, 11) is 0. The highest BCUT2D eigenvalue weighted by Gasteiger charge is 2.35. The lowest BCUT2D eigenvalue weighted by molar-refractivity contribution is -0.148. The monoisotopic (exact) mass is 305 g/mol. The summed E-state index contributed by atoms with van der Waals surface area (Å²) >= 11 is 0. The number of aromatic nitrogens is 1. The number of carboxylic acid groups (broad SMARTS) is 1. The van der Waals surface area contributed by atoms with E-state index in [4.69, 9.17) is 4.74 Å². The first-order chi connectivity index (χ1) is 10.5. The van der Waals surface area contributed by atoms with Crippen LogP contribution < -0.4 is 4.74 Å². The van der Waals surface area contributed by atoms with Gasteiger partial charge in [0.25, 0.3) is 0 Å². The number of rotatable bonds is 3. The van der Waals surface area contributed by atoms with E-state index in [0.29, 0.717) is 13.2 Å². The third-order valence-electron chi connectivity index (χ3n) is 4.52. The Hall–Kier alpha value is -1.66. The molecule has 1 saturated heterocycles. The fourth-order valence-electron chi connectivity index (χ4n) is 3.15. The van der Waals surface area contributed by atoms with E-state index < -0.39 is 11.4 Å². The van der Waals surface area contributed by atoms with Gasteiger partial charge in [-0.2, -0.15) is 0 Å². The number of carbonyl (C=O) groups is 1. The van der Waals surface area contributed by atoms with E-state index in [-0.39, 0.29) is 6.04 Å². The standard InChI is InChI=1S/C16H23N3O3/c1-16(2,15(20)21)11-18-6-7-19-9-13-14(4-3-5-17-13)22-10-12(19)8-18/h3-5,12H,6-11H2,1-2H3,(H,20,21). The summed E-state index contributed by atoms with van der Waals surface area (Å²) in [6, 6.07) is 4.14. The largest absolute Gasteiger partial charge is 0.490 e. The quantitative estimate of drug-likeness (QED) is 0.901. The molecule has 0 radical (unpaired) electrons. The molecule has 6 nitrogen and oxygen atoms in total. The van der Waals surface area contributed by atoms with Crippen molar-refractivity contribution < 1.29 is 14.6 Å². The Balaban J connectivity index is 1.67. The number of piperazine rings is 1. The SMILES string of the molecule is CC(C)(CN1CCN2Cc3ncccc3OCC2C1)C(=O)O. The van der Waals surface area contributed by atoms with Crippen molar-refractivity contribution >= 4 is 5.97 Å². The van der Waals surface area contributed by atoms with E-state index in [1.807, 2.05) is 12.1 Å². The van der Waals surface area contributed by atoms with Gasteiger partial charge in [0.05, 0.1) is 17.2 Å². The molecule has 1 atom stereocenters. The Bertz CT molecular complexity index is 561. The zero-order valence-electron chi connectivity index (χ0n) is 13.2. The number of nitrogens with zero attached hydrogens (tertiary/aromatic N) is 3. The number of aliphatic carboxylic acids is 1. The van der Waals surface area contributed by atoms with E-state index in [2.05, 4.69) is 14.8 Å². The Morgan fingerprint density at radius 2 is 2.32 bits per heavy atom. The highest BCUT2D eigenvalue weighted by molar-refractivity contribution is 5.73. The van der Waals surface area contributed by atoms with Crippen LogP contribution in [0.4, 0.5) is 0 Å². The smallest absolute Gasteiger partial charge is 0.310 e. The van der Waals surface area contributed by atoms with Crippen LogP contribution in [-0.2, 0) is 11.3 Å². The summed E-state index contributed by atoms with van der Waals surface area (Å²) in [6.45, 7) is 8.20. The minimum Gasteiger partial charge on any atom is -0.490 e. The van der Waals surface area contributed by atoms with Crippen LogP contribution in [0.1, 0.15) is 19.5 Å². The summed E-state index contributed by atoms with van der Waals surface area (Å²) in [6.07, 6.45) is 1.80. The molecule has 0 saturated carbocycles. The summed E-state index contributed by atoms with van der Waals surface area (Å²) in [4.78, 5) is 20.4. The Morgan fingerprint density at radius 3 is 3.09 bits per heavy atom. The second-order valence-corrected chi connectivity index (χ2v) is 6.81. The predicted octanol–water partition coefficient (Wildman–Crippen LogP) is 1.07. The molecule has 6 heteroatoms. The van der Waals surface area contributed by atoms with Crippen molar-refractivity contribution in [2.45, 2.75) is 26.4 Å². The number of hydrogen-bond donors (Lipinski definition) is 1. The number of pyridine rings is 1. The van der Waals surface area contributed by atoms with Gasteiger partial charge >= 0.3 is 5.97 Å². The average molecular weight is 305 g/mol. The molecule has 0 spiro atoms.